The number of carboxylic acid groups (broad SMARTS) is 1. The van der Waals surface area contributed by atoms with Crippen LogP contribution in [0.1, 0.15) is 87.5 Å². The number of aliphatic hydroxyl groups excluding tert-OH is 1. The molecule has 67 heavy (non-hydrogen) atoms. The molecule has 0 aromatic rings. The van der Waals surface area contributed by atoms with E-state index in [1.54, 1.807) is 41.5 Å². The minimum atomic E-state index is -1.33. The first-order chi connectivity index (χ1) is 31.3. The van der Waals surface area contributed by atoms with Crippen LogP contribution in [0.3, 0.4) is 0 Å². The molecule has 22 atom stereocenters. The van der Waals surface area contributed by atoms with Crippen molar-refractivity contribution in [2.45, 2.75) is 98.7 Å². The summed E-state index contributed by atoms with van der Waals surface area (Å²) in [6.45, 7) is 13.0. The number of ether oxygens (including phenoxy) is 6. The van der Waals surface area contributed by atoms with Crippen LogP contribution in [0.2, 0.25) is 0 Å². The predicted octanol–water partition coefficient (Wildman–Crippen LogP) is 3.17. The van der Waals surface area contributed by atoms with Gasteiger partial charge in [-0.25, -0.2) is 0 Å². The van der Waals surface area contributed by atoms with Gasteiger partial charge in [0.25, 0.3) is 0 Å². The van der Waals surface area contributed by atoms with Gasteiger partial charge in [-0.2, -0.15) is 0 Å². The van der Waals surface area contributed by atoms with E-state index in [9.17, 15) is 58.2 Å². The number of carboxylic acids is 1. The maximum Gasteiger partial charge on any atom is 0.317 e. The van der Waals surface area contributed by atoms with Gasteiger partial charge in [0.05, 0.1) is 65.8 Å². The standard InChI is InChI=1S/C49H62O18/c1-16-20-15-25(33(47(61)67-49(6,7)8)32(20)46(60)66-48(3,4)5)26(16)34-35(43(57)64-42(34)56)29-19-12-22(24(14-19)40(54)62-10-9-50)31(29)37-36(44(58)65-45(37)59)28-18-11-21(23(13-18)38(51)52)30(28)27-17(2)39(53)63-41(27)55/h16-37,50H,9-15H2,1-8H3,(H,51,52). The Balaban J connectivity index is 1.12. The maximum atomic E-state index is 14.6. The lowest BCUT2D eigenvalue weighted by Gasteiger charge is -2.46. The molecule has 0 aromatic carbocycles. The molecule has 22 unspecified atom stereocenters. The highest BCUT2D eigenvalue weighted by Gasteiger charge is 2.74. The largest absolute Gasteiger partial charge is 0.481 e. The van der Waals surface area contributed by atoms with E-state index in [1.165, 1.54) is 6.92 Å². The second kappa shape index (κ2) is 16.5. The second-order valence-electron chi connectivity index (χ2n) is 23.3. The Hall–Kier alpha value is -4.74. The van der Waals surface area contributed by atoms with Gasteiger partial charge in [0.2, 0.25) is 0 Å². The average Bonchev–Trinajstić information content (AvgIpc) is 4.10. The number of esters is 9. The molecule has 18 nitrogen and oxygen atoms in total. The van der Waals surface area contributed by atoms with Gasteiger partial charge < -0.3 is 38.6 Å². The summed E-state index contributed by atoms with van der Waals surface area (Å²) in [5.41, 5.74) is -1.81. The van der Waals surface area contributed by atoms with Crippen LogP contribution in [0.15, 0.2) is 0 Å². The van der Waals surface area contributed by atoms with E-state index in [1.807, 2.05) is 6.92 Å². The van der Waals surface area contributed by atoms with E-state index in [0.717, 1.165) is 0 Å². The highest BCUT2D eigenvalue weighted by molar-refractivity contribution is 6.00. The van der Waals surface area contributed by atoms with Crippen LogP contribution in [0.5, 0.6) is 0 Å². The summed E-state index contributed by atoms with van der Waals surface area (Å²) in [4.78, 5) is 139. The quantitative estimate of drug-likeness (QED) is 0.171. The van der Waals surface area contributed by atoms with Crippen LogP contribution in [0.4, 0.5) is 0 Å². The Morgan fingerprint density at radius 2 is 0.940 bits per heavy atom. The minimum Gasteiger partial charge on any atom is -0.481 e. The number of aliphatic hydroxyl groups is 1. The normalized spacial score (nSPS) is 45.1. The molecule has 0 amide bonds. The number of rotatable bonds is 11. The SMILES string of the molecule is CC1C(=O)OC(=O)C1C1C2CC(CC2C(=O)O)C1C1C(=O)OC(=O)C1C1C2CC(CC2C(=O)OCCO)C1C1C(=O)OC(=O)C1C1C(C)C2CC1C(C(=O)OC(C)(C)C)C2C(=O)OC(C)(C)C. The minimum absolute atomic E-state index is 0.142. The Morgan fingerprint density at radius 1 is 0.522 bits per heavy atom. The Kier molecular flexibility index (Phi) is 11.6. The van der Waals surface area contributed by atoms with Gasteiger partial charge >= 0.3 is 59.7 Å². The number of aliphatic carboxylic acids is 1. The Bertz CT molecular complexity index is 2180. The molecule has 0 radical (unpaired) electrons. The molecule has 9 rings (SSSR count). The molecule has 9 fully saturated rings. The van der Waals surface area contributed by atoms with Crippen molar-refractivity contribution >= 4 is 59.7 Å². The van der Waals surface area contributed by atoms with E-state index < -0.39 is 208 Å². The summed E-state index contributed by atoms with van der Waals surface area (Å²) in [7, 11) is 0. The summed E-state index contributed by atoms with van der Waals surface area (Å²) in [5, 5.41) is 19.9. The average molecular weight is 939 g/mol. The summed E-state index contributed by atoms with van der Waals surface area (Å²) < 4.78 is 33.4. The predicted molar refractivity (Wildman–Crippen MR) is 222 cm³/mol. The molecule has 0 spiro atoms. The number of carbonyl (C=O) groups excluding carboxylic acids is 9. The first-order valence-electron chi connectivity index (χ1n) is 24.1. The molecule has 6 saturated carbocycles. The molecule has 18 heteroatoms. The van der Waals surface area contributed by atoms with Crippen LogP contribution >= 0.6 is 0 Å². The monoisotopic (exact) mass is 938 g/mol. The van der Waals surface area contributed by atoms with Crippen LogP contribution in [0.25, 0.3) is 0 Å². The third-order valence-corrected chi connectivity index (χ3v) is 17.9. The first kappa shape index (κ1) is 47.3. The fourth-order valence-corrected chi connectivity index (χ4v) is 16.3. The number of hydrogen-bond donors (Lipinski definition) is 2. The third kappa shape index (κ3) is 7.51. The molecule has 3 saturated heterocycles. The van der Waals surface area contributed by atoms with Crippen LogP contribution in [-0.4, -0.2) is 94.3 Å². The molecule has 366 valence electrons. The highest BCUT2D eigenvalue weighted by Crippen LogP contribution is 2.70. The van der Waals surface area contributed by atoms with Gasteiger partial charge in [0.15, 0.2) is 0 Å². The zero-order valence-corrected chi connectivity index (χ0v) is 39.1. The summed E-state index contributed by atoms with van der Waals surface area (Å²) in [5.74, 6) is -26.7. The van der Waals surface area contributed by atoms with Crippen molar-refractivity contribution in [2.24, 2.45) is 130 Å². The van der Waals surface area contributed by atoms with Crippen molar-refractivity contribution in [3.63, 3.8) is 0 Å². The molecule has 9 aliphatic rings. The Labute approximate surface area is 387 Å². The van der Waals surface area contributed by atoms with Gasteiger partial charge in [0.1, 0.15) is 17.8 Å². The third-order valence-electron chi connectivity index (χ3n) is 17.9. The number of cyclic esters (lactones) is 6. The fourth-order valence-electron chi connectivity index (χ4n) is 16.3. The van der Waals surface area contributed by atoms with Crippen LogP contribution in [-0.2, 0) is 76.4 Å². The van der Waals surface area contributed by atoms with Crippen molar-refractivity contribution in [1.82, 2.24) is 0 Å². The molecule has 3 heterocycles. The van der Waals surface area contributed by atoms with Crippen molar-refractivity contribution in [2.75, 3.05) is 13.2 Å². The first-order valence-corrected chi connectivity index (χ1v) is 24.1. The van der Waals surface area contributed by atoms with Gasteiger partial charge in [-0.05, 0) is 145 Å². The summed E-state index contributed by atoms with van der Waals surface area (Å²) >= 11 is 0. The second-order valence-corrected chi connectivity index (χ2v) is 23.3. The van der Waals surface area contributed by atoms with Gasteiger partial charge in [-0.3, -0.25) is 47.9 Å². The molecular weight excluding hydrogens is 877 g/mol. The van der Waals surface area contributed by atoms with E-state index in [-0.39, 0.29) is 19.4 Å². The van der Waals surface area contributed by atoms with Gasteiger partial charge in [-0.15, -0.1) is 0 Å². The topological polar surface area (TPSA) is 267 Å². The van der Waals surface area contributed by atoms with Crippen LogP contribution < -0.4 is 0 Å². The van der Waals surface area contributed by atoms with Crippen molar-refractivity contribution in [3.8, 4) is 0 Å². The number of carbonyl (C=O) groups is 10. The summed E-state index contributed by atoms with van der Waals surface area (Å²) in [6, 6.07) is 0. The van der Waals surface area contributed by atoms with E-state index in [4.69, 9.17) is 28.4 Å². The van der Waals surface area contributed by atoms with E-state index in [0.29, 0.717) is 19.3 Å². The number of hydrogen-bond acceptors (Lipinski definition) is 17. The maximum absolute atomic E-state index is 14.6. The van der Waals surface area contributed by atoms with Crippen molar-refractivity contribution in [1.29, 1.82) is 0 Å². The van der Waals surface area contributed by atoms with E-state index >= 15 is 0 Å². The zero-order chi connectivity index (χ0) is 48.7. The lowest BCUT2D eigenvalue weighted by atomic mass is 9.54. The van der Waals surface area contributed by atoms with Crippen molar-refractivity contribution in [3.05, 3.63) is 0 Å². The highest BCUT2D eigenvalue weighted by atomic mass is 16.6. The Morgan fingerprint density at radius 3 is 1.40 bits per heavy atom. The molecule has 6 aliphatic carbocycles. The van der Waals surface area contributed by atoms with Gasteiger partial charge in [-0.1, -0.05) is 13.8 Å². The smallest absolute Gasteiger partial charge is 0.317 e. The lowest BCUT2D eigenvalue weighted by molar-refractivity contribution is -0.179. The zero-order valence-electron chi connectivity index (χ0n) is 39.1. The molecule has 0 aromatic heterocycles. The van der Waals surface area contributed by atoms with E-state index in [2.05, 4.69) is 0 Å². The van der Waals surface area contributed by atoms with Crippen LogP contribution in [0, 0.1) is 130 Å². The molecule has 2 N–H and O–H groups in total. The molecule has 6 bridgehead atoms. The fraction of sp³-hybridized carbons (Fsp3) is 0.796. The van der Waals surface area contributed by atoms with Crippen molar-refractivity contribution < 1.29 is 86.6 Å². The van der Waals surface area contributed by atoms with Gasteiger partial charge in [0, 0.05) is 0 Å². The lowest BCUT2D eigenvalue weighted by Crippen LogP contribution is -2.52. The molecule has 3 aliphatic heterocycles. The summed E-state index contributed by atoms with van der Waals surface area (Å²) in [6.07, 6.45) is 1.28. The number of fused-ring (bicyclic) bond motifs is 6. The molecular formula is C49H62O18.